The Balaban J connectivity index is 1.49. The number of rotatable bonds is 7. The Bertz CT molecular complexity index is 1270. The van der Waals surface area contributed by atoms with Gasteiger partial charge >= 0.3 is 0 Å². The molecule has 0 spiro atoms. The molecule has 3 aromatic rings. The van der Waals surface area contributed by atoms with Crippen LogP contribution < -0.4 is 14.8 Å². The number of nitrogens with zero attached hydrogens (tertiary/aromatic N) is 1. The molecule has 0 radical (unpaired) electrons. The lowest BCUT2D eigenvalue weighted by Gasteiger charge is -2.13. The summed E-state index contributed by atoms with van der Waals surface area (Å²) in [5, 5.41) is 3.53. The number of hydrogen-bond donors (Lipinski definition) is 1. The van der Waals surface area contributed by atoms with Crippen LogP contribution in [0.25, 0.3) is 6.08 Å². The van der Waals surface area contributed by atoms with Crippen LogP contribution in [0.2, 0.25) is 5.02 Å². The number of thioether (sulfide) groups is 1. The summed E-state index contributed by atoms with van der Waals surface area (Å²) in [6, 6.07) is 21.6. The van der Waals surface area contributed by atoms with Gasteiger partial charge in [-0.05, 0) is 72.3 Å². The van der Waals surface area contributed by atoms with Gasteiger partial charge in [0.05, 0.1) is 11.5 Å². The average molecular weight is 493 g/mol. The molecule has 0 bridgehead atoms. The fourth-order valence-electron chi connectivity index (χ4n) is 3.16. The van der Waals surface area contributed by atoms with Crippen LogP contribution >= 0.6 is 23.4 Å². The predicted octanol–water partition coefficient (Wildman–Crippen LogP) is 5.72. The van der Waals surface area contributed by atoms with Crippen LogP contribution in [0.1, 0.15) is 28.4 Å². The summed E-state index contributed by atoms with van der Waals surface area (Å²) in [4.78, 5) is 29.2. The van der Waals surface area contributed by atoms with E-state index in [1.807, 2.05) is 49.4 Å². The second-order valence-corrected chi connectivity index (χ2v) is 8.68. The molecule has 0 aliphatic carbocycles. The first-order valence-corrected chi connectivity index (χ1v) is 11.7. The van der Waals surface area contributed by atoms with Gasteiger partial charge in [0, 0.05) is 10.6 Å². The van der Waals surface area contributed by atoms with Crippen LogP contribution in [0.3, 0.4) is 0 Å². The van der Waals surface area contributed by atoms with E-state index in [2.05, 4.69) is 10.3 Å². The van der Waals surface area contributed by atoms with E-state index in [-0.39, 0.29) is 11.1 Å². The zero-order valence-electron chi connectivity index (χ0n) is 18.3. The third-order valence-electron chi connectivity index (χ3n) is 4.72. The van der Waals surface area contributed by atoms with Crippen LogP contribution in [-0.4, -0.2) is 23.6 Å². The van der Waals surface area contributed by atoms with E-state index in [0.29, 0.717) is 40.2 Å². The van der Waals surface area contributed by atoms with Gasteiger partial charge in [-0.1, -0.05) is 48.0 Å². The molecule has 3 aromatic carbocycles. The number of aliphatic imine (C=N–C) groups is 1. The van der Waals surface area contributed by atoms with Gasteiger partial charge in [-0.15, -0.1) is 0 Å². The van der Waals surface area contributed by atoms with Gasteiger partial charge in [0.25, 0.3) is 11.8 Å². The number of carbonyl (C=O) groups excluding carboxylic acids is 2. The van der Waals surface area contributed by atoms with Gasteiger partial charge in [0.2, 0.25) is 0 Å². The van der Waals surface area contributed by atoms with E-state index in [9.17, 15) is 9.59 Å². The molecule has 4 rings (SSSR count). The first-order valence-electron chi connectivity index (χ1n) is 10.5. The molecule has 34 heavy (non-hydrogen) atoms. The fraction of sp³-hybridized carbons (Fsp3) is 0.115. The highest BCUT2D eigenvalue weighted by Crippen LogP contribution is 2.32. The van der Waals surface area contributed by atoms with Crippen LogP contribution in [0.5, 0.6) is 11.5 Å². The zero-order valence-corrected chi connectivity index (χ0v) is 19.9. The molecule has 1 N–H and O–H groups in total. The Labute approximate surface area is 206 Å². The lowest BCUT2D eigenvalue weighted by atomic mass is 10.2. The van der Waals surface area contributed by atoms with E-state index in [0.717, 1.165) is 22.9 Å². The van der Waals surface area contributed by atoms with Gasteiger partial charge in [-0.2, -0.15) is 4.99 Å². The van der Waals surface area contributed by atoms with E-state index < -0.39 is 5.91 Å². The predicted molar refractivity (Wildman–Crippen MR) is 135 cm³/mol. The number of benzene rings is 3. The lowest BCUT2D eigenvalue weighted by Crippen LogP contribution is -2.20. The maximum Gasteiger partial charge on any atom is 0.279 e. The topological polar surface area (TPSA) is 77.0 Å². The average Bonchev–Trinajstić information content (AvgIpc) is 3.17. The van der Waals surface area contributed by atoms with Crippen molar-refractivity contribution >= 4 is 46.4 Å². The van der Waals surface area contributed by atoms with Crippen molar-refractivity contribution in [2.24, 2.45) is 4.99 Å². The van der Waals surface area contributed by atoms with Crippen molar-refractivity contribution in [3.8, 4) is 11.5 Å². The van der Waals surface area contributed by atoms with Gasteiger partial charge in [0.15, 0.2) is 16.7 Å². The molecule has 0 atom stereocenters. The Hall–Kier alpha value is -3.55. The molecule has 0 unspecified atom stereocenters. The molecule has 8 heteroatoms. The molecule has 172 valence electrons. The molecular formula is C26H21ClN2O4S. The third-order valence-corrected chi connectivity index (χ3v) is 5.87. The number of amidine groups is 1. The van der Waals surface area contributed by atoms with Crippen molar-refractivity contribution in [1.29, 1.82) is 0 Å². The smallest absolute Gasteiger partial charge is 0.279 e. The highest BCUT2D eigenvalue weighted by molar-refractivity contribution is 8.18. The minimum absolute atomic E-state index is 0.247. The molecule has 1 heterocycles. The Morgan fingerprint density at radius 2 is 1.85 bits per heavy atom. The first kappa shape index (κ1) is 23.6. The Kier molecular flexibility index (Phi) is 7.67. The molecule has 1 aliphatic heterocycles. The number of hydrogen-bond acceptors (Lipinski definition) is 5. The maximum atomic E-state index is 12.4. The van der Waals surface area contributed by atoms with Crippen molar-refractivity contribution in [2.75, 3.05) is 6.61 Å². The number of ether oxygens (including phenoxy) is 2. The quantitative estimate of drug-likeness (QED) is 0.427. The van der Waals surface area contributed by atoms with Gasteiger partial charge < -0.3 is 14.8 Å². The largest absolute Gasteiger partial charge is 0.490 e. The minimum Gasteiger partial charge on any atom is -0.490 e. The van der Waals surface area contributed by atoms with Crippen LogP contribution in [0, 0.1) is 0 Å². The summed E-state index contributed by atoms with van der Waals surface area (Å²) < 4.78 is 11.7. The highest BCUT2D eigenvalue weighted by Gasteiger charge is 2.25. The Morgan fingerprint density at radius 1 is 1.03 bits per heavy atom. The SMILES string of the molecule is CCOc1cc(/C=C2\SC(=NC(=O)c3ccccc3)NC2=O)ccc1OCc1cccc(Cl)c1. The lowest BCUT2D eigenvalue weighted by molar-refractivity contribution is -0.115. The van der Waals surface area contributed by atoms with Crippen molar-refractivity contribution in [3.05, 3.63) is 99.4 Å². The standard InChI is InChI=1S/C26H21ClN2O4S/c1-2-32-22-14-17(11-12-21(22)33-16-18-7-6-10-20(27)13-18)15-23-25(31)29-26(34-23)28-24(30)19-8-4-3-5-9-19/h3-15H,2,16H2,1H3,(H,28,29,30,31)/b23-15-. The van der Waals surface area contributed by atoms with E-state index in [1.54, 1.807) is 36.4 Å². The molecule has 1 aliphatic rings. The summed E-state index contributed by atoms with van der Waals surface area (Å²) in [5.41, 5.74) is 2.15. The van der Waals surface area contributed by atoms with Gasteiger partial charge in [-0.25, -0.2) is 0 Å². The second kappa shape index (κ2) is 11.0. The number of amides is 2. The number of nitrogens with one attached hydrogen (secondary N) is 1. The minimum atomic E-state index is -0.413. The molecule has 1 fully saturated rings. The van der Waals surface area contributed by atoms with Crippen molar-refractivity contribution < 1.29 is 19.1 Å². The number of halogens is 1. The Morgan fingerprint density at radius 3 is 2.62 bits per heavy atom. The molecule has 1 saturated heterocycles. The van der Waals surface area contributed by atoms with Crippen molar-refractivity contribution in [1.82, 2.24) is 5.32 Å². The molecule has 6 nitrogen and oxygen atoms in total. The van der Waals surface area contributed by atoms with E-state index in [1.165, 1.54) is 0 Å². The molecule has 0 saturated carbocycles. The highest BCUT2D eigenvalue weighted by atomic mass is 35.5. The summed E-state index contributed by atoms with van der Waals surface area (Å²) in [5.74, 6) is 0.423. The van der Waals surface area contributed by atoms with Crippen LogP contribution in [-0.2, 0) is 11.4 Å². The summed E-state index contributed by atoms with van der Waals surface area (Å²) >= 11 is 7.16. The maximum absolute atomic E-state index is 12.4. The molecule has 2 amide bonds. The van der Waals surface area contributed by atoms with Crippen LogP contribution in [0.4, 0.5) is 0 Å². The number of carbonyl (C=O) groups is 2. The van der Waals surface area contributed by atoms with Gasteiger partial charge in [-0.3, -0.25) is 9.59 Å². The summed E-state index contributed by atoms with van der Waals surface area (Å²) in [6.07, 6.45) is 1.72. The van der Waals surface area contributed by atoms with Crippen LogP contribution in [0.15, 0.2) is 82.7 Å². The zero-order chi connectivity index (χ0) is 23.9. The van der Waals surface area contributed by atoms with Crippen molar-refractivity contribution in [3.63, 3.8) is 0 Å². The molecular weight excluding hydrogens is 472 g/mol. The summed E-state index contributed by atoms with van der Waals surface area (Å²) in [7, 11) is 0. The summed E-state index contributed by atoms with van der Waals surface area (Å²) in [6.45, 7) is 2.69. The second-order valence-electron chi connectivity index (χ2n) is 7.21. The fourth-order valence-corrected chi connectivity index (χ4v) is 4.19. The van der Waals surface area contributed by atoms with E-state index in [4.69, 9.17) is 21.1 Å². The molecule has 0 aromatic heterocycles. The normalized spacial score (nSPS) is 15.4. The van der Waals surface area contributed by atoms with E-state index >= 15 is 0 Å². The van der Waals surface area contributed by atoms with Gasteiger partial charge in [0.1, 0.15) is 6.61 Å². The van der Waals surface area contributed by atoms with Crippen molar-refractivity contribution in [2.45, 2.75) is 13.5 Å². The first-order chi connectivity index (χ1) is 16.5. The third kappa shape index (κ3) is 6.07. The monoisotopic (exact) mass is 492 g/mol.